The third-order valence-electron chi connectivity index (χ3n) is 4.33. The monoisotopic (exact) mass is 442 g/mol. The number of benzene rings is 2. The van der Waals surface area contributed by atoms with Gasteiger partial charge in [-0.2, -0.15) is 0 Å². The van der Waals surface area contributed by atoms with E-state index in [-0.39, 0.29) is 5.88 Å². The second-order valence-corrected chi connectivity index (χ2v) is 8.48. The number of aromatic nitrogens is 1. The van der Waals surface area contributed by atoms with Crippen molar-refractivity contribution in [3.8, 4) is 11.6 Å². The largest absolute Gasteiger partial charge is 0.493 e. The summed E-state index contributed by atoms with van der Waals surface area (Å²) in [7, 11) is 0. The molecule has 4 rings (SSSR count). The van der Waals surface area contributed by atoms with E-state index in [2.05, 4.69) is 46.0 Å². The Bertz CT molecular complexity index is 1110. The van der Waals surface area contributed by atoms with Crippen LogP contribution in [0.3, 0.4) is 0 Å². The number of hydrogen-bond acceptors (Lipinski definition) is 4. The molecule has 0 atom stereocenters. The second-order valence-electron chi connectivity index (χ2n) is 5.89. The van der Waals surface area contributed by atoms with Crippen molar-refractivity contribution in [2.45, 2.75) is 13.3 Å². The number of para-hydroxylation sites is 1. The lowest BCUT2D eigenvalue weighted by Gasteiger charge is -2.05. The predicted octanol–water partition coefficient (Wildman–Crippen LogP) is 6.56. The van der Waals surface area contributed by atoms with Gasteiger partial charge in [0.05, 0.1) is 16.3 Å². The Balaban J connectivity index is 1.80. The normalized spacial score (nSPS) is 14.2. The number of allylic oxidation sites excluding steroid dienone is 1. The van der Waals surface area contributed by atoms with Crippen LogP contribution in [0.25, 0.3) is 17.3 Å². The smallest absolute Gasteiger partial charge is 0.215 e. The Labute approximate surface area is 169 Å². The van der Waals surface area contributed by atoms with Crippen molar-refractivity contribution in [1.29, 1.82) is 0 Å². The molecule has 0 aliphatic carbocycles. The van der Waals surface area contributed by atoms with E-state index in [1.165, 1.54) is 16.9 Å². The molecule has 1 aliphatic heterocycles. The predicted molar refractivity (Wildman–Crippen MR) is 116 cm³/mol. The van der Waals surface area contributed by atoms with Gasteiger partial charge < -0.3 is 5.11 Å². The number of fused-ring (bicyclic) bond motifs is 1. The number of aromatic hydroxyl groups is 1. The lowest BCUT2D eigenvalue weighted by Crippen LogP contribution is -1.92. The molecule has 3 nitrogen and oxygen atoms in total. The fraction of sp³-hybridized carbons (Fsp3) is 0.100. The maximum atomic E-state index is 10.7. The molecule has 1 aromatic heterocycles. The van der Waals surface area contributed by atoms with Gasteiger partial charge in [-0.05, 0) is 54.5 Å². The fourth-order valence-corrected chi connectivity index (χ4v) is 4.58. The van der Waals surface area contributed by atoms with Crippen LogP contribution in [0.5, 0.6) is 5.88 Å². The number of nitrogens with zero attached hydrogens (tertiary/aromatic N) is 2. The van der Waals surface area contributed by atoms with E-state index in [0.29, 0.717) is 3.95 Å². The van der Waals surface area contributed by atoms with Crippen molar-refractivity contribution >= 4 is 63.0 Å². The molecule has 6 heteroatoms. The third-order valence-corrected chi connectivity index (χ3v) is 6.17. The van der Waals surface area contributed by atoms with E-state index >= 15 is 0 Å². The van der Waals surface area contributed by atoms with Crippen LogP contribution in [0.15, 0.2) is 51.9 Å². The molecule has 0 fully saturated rings. The van der Waals surface area contributed by atoms with Gasteiger partial charge in [-0.15, -0.1) is 11.3 Å². The summed E-state index contributed by atoms with van der Waals surface area (Å²) in [6, 6.07) is 13.9. The zero-order valence-corrected chi connectivity index (χ0v) is 17.2. The minimum Gasteiger partial charge on any atom is -0.493 e. The average molecular weight is 443 g/mol. The Morgan fingerprint density at radius 3 is 2.73 bits per heavy atom. The van der Waals surface area contributed by atoms with Gasteiger partial charge >= 0.3 is 0 Å². The van der Waals surface area contributed by atoms with E-state index in [1.807, 2.05) is 36.6 Å². The van der Waals surface area contributed by atoms with Crippen LogP contribution >= 0.6 is 39.5 Å². The first-order valence-electron chi connectivity index (χ1n) is 8.17. The lowest BCUT2D eigenvalue weighted by molar-refractivity contribution is 0.441. The Hall–Kier alpha value is -2.02. The Kier molecular flexibility index (Phi) is 4.65. The van der Waals surface area contributed by atoms with Crippen molar-refractivity contribution in [2.24, 2.45) is 4.99 Å². The number of rotatable bonds is 3. The molecule has 0 saturated carbocycles. The van der Waals surface area contributed by atoms with Gasteiger partial charge in [0, 0.05) is 21.8 Å². The first-order chi connectivity index (χ1) is 12.6. The number of aliphatic imine (C=N–C) groups is 1. The van der Waals surface area contributed by atoms with Crippen molar-refractivity contribution in [1.82, 2.24) is 4.57 Å². The van der Waals surface area contributed by atoms with Crippen LogP contribution in [0.2, 0.25) is 0 Å². The van der Waals surface area contributed by atoms with E-state index in [4.69, 9.17) is 12.2 Å². The molecule has 0 amide bonds. The van der Waals surface area contributed by atoms with Gasteiger partial charge in [-0.25, -0.2) is 0 Å². The highest BCUT2D eigenvalue weighted by Gasteiger charge is 2.17. The SMILES string of the molecule is CCc1cccc2c1N=CC2=Cc1sc(=S)n(-c2ccc(Br)cc2)c1O. The fourth-order valence-electron chi connectivity index (χ4n) is 3.02. The standard InChI is InChI=1S/C20H15BrN2OS2/c1-2-12-4-3-5-16-13(11-22-18(12)16)10-17-19(24)23(20(25)26-17)15-8-6-14(21)7-9-15/h3-11,24H,2H2,1H3. The molecular weight excluding hydrogens is 428 g/mol. The summed E-state index contributed by atoms with van der Waals surface area (Å²) >= 11 is 10.3. The number of aryl methyl sites for hydroxylation is 1. The first-order valence-corrected chi connectivity index (χ1v) is 10.2. The zero-order chi connectivity index (χ0) is 18.3. The van der Waals surface area contributed by atoms with Gasteiger partial charge in [0.2, 0.25) is 5.88 Å². The molecule has 1 aliphatic rings. The summed E-state index contributed by atoms with van der Waals surface area (Å²) in [6.45, 7) is 2.13. The first kappa shape index (κ1) is 17.4. The van der Waals surface area contributed by atoms with Gasteiger partial charge in [0.1, 0.15) is 0 Å². The molecular formula is C20H15BrN2OS2. The summed E-state index contributed by atoms with van der Waals surface area (Å²) < 4.78 is 3.28. The van der Waals surface area contributed by atoms with Crippen molar-refractivity contribution in [3.63, 3.8) is 0 Å². The molecule has 130 valence electrons. The molecule has 26 heavy (non-hydrogen) atoms. The van der Waals surface area contributed by atoms with Gasteiger partial charge in [-0.3, -0.25) is 9.56 Å². The highest BCUT2D eigenvalue weighted by molar-refractivity contribution is 9.10. The van der Waals surface area contributed by atoms with Crippen molar-refractivity contribution in [3.05, 3.63) is 66.9 Å². The third kappa shape index (κ3) is 2.98. The molecule has 1 N–H and O–H groups in total. The zero-order valence-electron chi connectivity index (χ0n) is 13.9. The van der Waals surface area contributed by atoms with Gasteiger partial charge in [0.25, 0.3) is 0 Å². The van der Waals surface area contributed by atoms with Crippen LogP contribution in [0.1, 0.15) is 22.9 Å². The summed E-state index contributed by atoms with van der Waals surface area (Å²) in [5, 5.41) is 10.7. The number of halogens is 1. The molecule has 0 spiro atoms. The molecule has 0 saturated heterocycles. The van der Waals surface area contributed by atoms with E-state index in [0.717, 1.165) is 38.3 Å². The molecule has 2 heterocycles. The molecule has 0 bridgehead atoms. The summed E-state index contributed by atoms with van der Waals surface area (Å²) in [4.78, 5) is 5.30. The van der Waals surface area contributed by atoms with E-state index < -0.39 is 0 Å². The van der Waals surface area contributed by atoms with Crippen molar-refractivity contribution < 1.29 is 5.11 Å². The molecule has 3 aromatic rings. The number of hydrogen-bond donors (Lipinski definition) is 1. The summed E-state index contributed by atoms with van der Waals surface area (Å²) in [5.41, 5.74) is 5.18. The van der Waals surface area contributed by atoms with Crippen LogP contribution in [0, 0.1) is 3.95 Å². The summed E-state index contributed by atoms with van der Waals surface area (Å²) in [5.74, 6) is 0.156. The lowest BCUT2D eigenvalue weighted by atomic mass is 10.0. The van der Waals surface area contributed by atoms with E-state index in [1.54, 1.807) is 4.57 Å². The quantitative estimate of drug-likeness (QED) is 0.466. The minimum absolute atomic E-state index is 0.156. The van der Waals surface area contributed by atoms with Gasteiger partial charge in [-0.1, -0.05) is 41.1 Å². The Morgan fingerprint density at radius 1 is 1.23 bits per heavy atom. The van der Waals surface area contributed by atoms with Crippen molar-refractivity contribution in [2.75, 3.05) is 0 Å². The summed E-state index contributed by atoms with van der Waals surface area (Å²) in [6.07, 6.45) is 4.76. The Morgan fingerprint density at radius 2 is 2.00 bits per heavy atom. The van der Waals surface area contributed by atoms with Crippen LogP contribution in [-0.4, -0.2) is 15.9 Å². The highest BCUT2D eigenvalue weighted by atomic mass is 79.9. The maximum Gasteiger partial charge on any atom is 0.215 e. The average Bonchev–Trinajstić information content (AvgIpc) is 3.17. The number of thiazole rings is 1. The van der Waals surface area contributed by atoms with Crippen LogP contribution < -0.4 is 0 Å². The second kappa shape index (κ2) is 6.95. The highest BCUT2D eigenvalue weighted by Crippen LogP contribution is 2.38. The molecule has 2 aromatic carbocycles. The molecule has 0 radical (unpaired) electrons. The van der Waals surface area contributed by atoms with Gasteiger partial charge in [0.15, 0.2) is 3.95 Å². The van der Waals surface area contributed by atoms with Crippen LogP contribution in [0.4, 0.5) is 5.69 Å². The molecule has 0 unspecified atom stereocenters. The maximum absolute atomic E-state index is 10.7. The van der Waals surface area contributed by atoms with E-state index in [9.17, 15) is 5.11 Å². The topological polar surface area (TPSA) is 37.5 Å². The minimum atomic E-state index is 0.156. The van der Waals surface area contributed by atoms with Crippen LogP contribution in [-0.2, 0) is 6.42 Å².